The zero-order chi connectivity index (χ0) is 13.1. The summed E-state index contributed by atoms with van der Waals surface area (Å²) in [5.74, 6) is 0.626. The van der Waals surface area contributed by atoms with Crippen molar-refractivity contribution in [2.45, 2.75) is 12.8 Å². The molecule has 3 nitrogen and oxygen atoms in total. The van der Waals surface area contributed by atoms with Crippen molar-refractivity contribution in [3.05, 3.63) is 66.0 Å². The smallest absolute Gasteiger partial charge is 0.126 e. The summed E-state index contributed by atoms with van der Waals surface area (Å²) in [6.45, 7) is 0. The molecule has 0 atom stereocenters. The van der Waals surface area contributed by atoms with Gasteiger partial charge in [0.2, 0.25) is 0 Å². The molecule has 0 aliphatic heterocycles. The number of aryl methyl sites for hydroxylation is 2. The summed E-state index contributed by atoms with van der Waals surface area (Å²) in [7, 11) is 0. The molecule has 0 saturated heterocycles. The van der Waals surface area contributed by atoms with Crippen molar-refractivity contribution in [3.8, 4) is 0 Å². The molecule has 0 radical (unpaired) electrons. The van der Waals surface area contributed by atoms with Crippen LogP contribution in [0.2, 0.25) is 0 Å². The summed E-state index contributed by atoms with van der Waals surface area (Å²) in [5, 5.41) is 1.22. The molecule has 0 bridgehead atoms. The van der Waals surface area contributed by atoms with E-state index in [0.29, 0.717) is 5.82 Å². The number of benzene rings is 1. The van der Waals surface area contributed by atoms with Crippen LogP contribution >= 0.6 is 0 Å². The normalized spacial score (nSPS) is 10.7. The van der Waals surface area contributed by atoms with E-state index in [1.54, 1.807) is 6.20 Å². The first-order valence-corrected chi connectivity index (χ1v) is 6.36. The van der Waals surface area contributed by atoms with E-state index in [9.17, 15) is 0 Å². The highest BCUT2D eigenvalue weighted by Gasteiger charge is 2.04. The van der Waals surface area contributed by atoms with Gasteiger partial charge in [0.1, 0.15) is 5.82 Å². The van der Waals surface area contributed by atoms with E-state index >= 15 is 0 Å². The van der Waals surface area contributed by atoms with Crippen molar-refractivity contribution in [2.24, 2.45) is 0 Å². The quantitative estimate of drug-likeness (QED) is 0.776. The van der Waals surface area contributed by atoms with E-state index in [0.717, 1.165) is 23.9 Å². The van der Waals surface area contributed by atoms with Gasteiger partial charge in [-0.1, -0.05) is 24.3 Å². The van der Waals surface area contributed by atoms with Crippen molar-refractivity contribution >= 4 is 16.7 Å². The van der Waals surface area contributed by atoms with Gasteiger partial charge in [-0.05, 0) is 42.2 Å². The molecule has 0 fully saturated rings. The van der Waals surface area contributed by atoms with Crippen LogP contribution in [0.3, 0.4) is 0 Å². The standard InChI is InChI=1S/C16H15N3/c17-16-13(4-3-10-19-16)8-7-12-9-11-18-15-6-2-1-5-14(12)15/h1-6,9-11H,7-8H2,(H2,17,19). The van der Waals surface area contributed by atoms with Crippen molar-refractivity contribution in [1.82, 2.24) is 9.97 Å². The Morgan fingerprint density at radius 1 is 0.789 bits per heavy atom. The maximum absolute atomic E-state index is 5.87. The summed E-state index contributed by atoms with van der Waals surface area (Å²) < 4.78 is 0. The van der Waals surface area contributed by atoms with Crippen molar-refractivity contribution in [1.29, 1.82) is 0 Å². The predicted molar refractivity (Wildman–Crippen MR) is 77.8 cm³/mol. The molecule has 0 saturated carbocycles. The van der Waals surface area contributed by atoms with Crippen molar-refractivity contribution < 1.29 is 0 Å². The molecule has 3 rings (SSSR count). The van der Waals surface area contributed by atoms with E-state index in [-0.39, 0.29) is 0 Å². The molecule has 2 N–H and O–H groups in total. The van der Waals surface area contributed by atoms with Crippen LogP contribution in [-0.2, 0) is 12.8 Å². The van der Waals surface area contributed by atoms with Gasteiger partial charge in [0.15, 0.2) is 0 Å². The molecule has 0 aliphatic carbocycles. The van der Waals surface area contributed by atoms with Crippen LogP contribution in [0.15, 0.2) is 54.9 Å². The summed E-state index contributed by atoms with van der Waals surface area (Å²) in [4.78, 5) is 8.50. The lowest BCUT2D eigenvalue weighted by Crippen LogP contribution is -1.99. The fraction of sp³-hybridized carbons (Fsp3) is 0.125. The largest absolute Gasteiger partial charge is 0.383 e. The number of fused-ring (bicyclic) bond motifs is 1. The zero-order valence-electron chi connectivity index (χ0n) is 10.6. The van der Waals surface area contributed by atoms with E-state index in [2.05, 4.69) is 22.1 Å². The first-order chi connectivity index (χ1) is 9.34. The fourth-order valence-corrected chi connectivity index (χ4v) is 2.30. The third-order valence-corrected chi connectivity index (χ3v) is 3.33. The van der Waals surface area contributed by atoms with Crippen LogP contribution in [0.5, 0.6) is 0 Å². The molecule has 2 heterocycles. The van der Waals surface area contributed by atoms with Gasteiger partial charge >= 0.3 is 0 Å². The van der Waals surface area contributed by atoms with E-state index in [1.165, 1.54) is 10.9 Å². The SMILES string of the molecule is Nc1ncccc1CCc1ccnc2ccccc12. The summed E-state index contributed by atoms with van der Waals surface area (Å²) in [6.07, 6.45) is 5.43. The van der Waals surface area contributed by atoms with Crippen LogP contribution < -0.4 is 5.73 Å². The van der Waals surface area contributed by atoms with E-state index in [4.69, 9.17) is 5.73 Å². The first-order valence-electron chi connectivity index (χ1n) is 6.36. The lowest BCUT2D eigenvalue weighted by molar-refractivity contribution is 0.960. The fourth-order valence-electron chi connectivity index (χ4n) is 2.30. The third kappa shape index (κ3) is 2.40. The minimum Gasteiger partial charge on any atom is -0.383 e. The molecule has 94 valence electrons. The zero-order valence-corrected chi connectivity index (χ0v) is 10.6. The Hall–Kier alpha value is -2.42. The second-order valence-corrected chi connectivity index (χ2v) is 4.53. The average Bonchev–Trinajstić information content (AvgIpc) is 2.46. The molecular weight excluding hydrogens is 234 g/mol. The van der Waals surface area contributed by atoms with Gasteiger partial charge in [0.05, 0.1) is 5.52 Å². The number of aromatic nitrogens is 2. The minimum absolute atomic E-state index is 0.626. The second kappa shape index (κ2) is 5.06. The third-order valence-electron chi connectivity index (χ3n) is 3.33. The highest BCUT2D eigenvalue weighted by molar-refractivity contribution is 5.81. The Bertz CT molecular complexity index is 702. The second-order valence-electron chi connectivity index (χ2n) is 4.53. The first kappa shape index (κ1) is 11.7. The molecular formula is C16H15N3. The number of nitrogens with two attached hydrogens (primary N) is 1. The van der Waals surface area contributed by atoms with Gasteiger partial charge in [0, 0.05) is 17.8 Å². The van der Waals surface area contributed by atoms with Crippen molar-refractivity contribution in [2.75, 3.05) is 5.73 Å². The lowest BCUT2D eigenvalue weighted by Gasteiger charge is -2.07. The highest BCUT2D eigenvalue weighted by atomic mass is 14.8. The van der Waals surface area contributed by atoms with Gasteiger partial charge in [-0.15, -0.1) is 0 Å². The Labute approximate surface area is 112 Å². The van der Waals surface area contributed by atoms with Crippen LogP contribution in [-0.4, -0.2) is 9.97 Å². The number of rotatable bonds is 3. The van der Waals surface area contributed by atoms with Gasteiger partial charge in [-0.2, -0.15) is 0 Å². The van der Waals surface area contributed by atoms with Gasteiger partial charge < -0.3 is 5.73 Å². The Balaban J connectivity index is 1.88. The highest BCUT2D eigenvalue weighted by Crippen LogP contribution is 2.19. The average molecular weight is 249 g/mol. The van der Waals surface area contributed by atoms with E-state index in [1.807, 2.05) is 36.5 Å². The molecule has 19 heavy (non-hydrogen) atoms. The summed E-state index contributed by atoms with van der Waals surface area (Å²) in [6, 6.07) is 14.3. The molecule has 0 aliphatic rings. The molecule has 1 aromatic carbocycles. The molecule has 0 unspecified atom stereocenters. The number of pyridine rings is 2. The number of nitrogen functional groups attached to an aromatic ring is 1. The number of hydrogen-bond donors (Lipinski definition) is 1. The number of nitrogens with zero attached hydrogens (tertiary/aromatic N) is 2. The minimum atomic E-state index is 0.626. The van der Waals surface area contributed by atoms with Gasteiger partial charge in [-0.25, -0.2) is 4.98 Å². The number of para-hydroxylation sites is 1. The van der Waals surface area contributed by atoms with Crippen LogP contribution in [0.25, 0.3) is 10.9 Å². The van der Waals surface area contributed by atoms with Crippen LogP contribution in [0.4, 0.5) is 5.82 Å². The molecule has 2 aromatic heterocycles. The summed E-state index contributed by atoms with van der Waals surface area (Å²) in [5.41, 5.74) is 9.32. The van der Waals surface area contributed by atoms with Gasteiger partial charge in [-0.3, -0.25) is 4.98 Å². The number of anilines is 1. The Morgan fingerprint density at radius 3 is 2.53 bits per heavy atom. The monoisotopic (exact) mass is 249 g/mol. The molecule has 3 heteroatoms. The molecule has 3 aromatic rings. The van der Waals surface area contributed by atoms with Crippen LogP contribution in [0.1, 0.15) is 11.1 Å². The van der Waals surface area contributed by atoms with Crippen molar-refractivity contribution in [3.63, 3.8) is 0 Å². The Kier molecular flexibility index (Phi) is 3.11. The molecule has 0 amide bonds. The number of hydrogen-bond acceptors (Lipinski definition) is 3. The van der Waals surface area contributed by atoms with Gasteiger partial charge in [0.25, 0.3) is 0 Å². The topological polar surface area (TPSA) is 51.8 Å². The maximum Gasteiger partial charge on any atom is 0.126 e. The predicted octanol–water partition coefficient (Wildman–Crippen LogP) is 3.00. The Morgan fingerprint density at radius 2 is 1.63 bits per heavy atom. The van der Waals surface area contributed by atoms with Crippen LogP contribution in [0, 0.1) is 0 Å². The maximum atomic E-state index is 5.87. The van der Waals surface area contributed by atoms with E-state index < -0.39 is 0 Å². The summed E-state index contributed by atoms with van der Waals surface area (Å²) >= 11 is 0. The molecule has 0 spiro atoms. The lowest BCUT2D eigenvalue weighted by atomic mass is 10.0.